The maximum absolute atomic E-state index is 13.3. The summed E-state index contributed by atoms with van der Waals surface area (Å²) in [4.78, 5) is 27.7. The van der Waals surface area contributed by atoms with E-state index < -0.39 is 0 Å². The first-order valence-corrected chi connectivity index (χ1v) is 13.3. The number of nitrogens with one attached hydrogen (secondary N) is 1. The summed E-state index contributed by atoms with van der Waals surface area (Å²) >= 11 is 6.93. The van der Waals surface area contributed by atoms with E-state index in [4.69, 9.17) is 12.2 Å². The number of unbranched alkanes of at least 4 members (excludes halogenated alkanes) is 2. The van der Waals surface area contributed by atoms with Gasteiger partial charge in [-0.15, -0.1) is 0 Å². The average Bonchev–Trinajstić information content (AvgIpc) is 3.16. The lowest BCUT2D eigenvalue weighted by molar-refractivity contribution is -0.122. The van der Waals surface area contributed by atoms with Crippen LogP contribution in [0, 0.1) is 0 Å². The molecule has 180 valence electrons. The number of rotatable bonds is 8. The Morgan fingerprint density at radius 1 is 0.861 bits per heavy atom. The van der Waals surface area contributed by atoms with Gasteiger partial charge in [-0.05, 0) is 64.2 Å². The summed E-state index contributed by atoms with van der Waals surface area (Å²) in [6.45, 7) is 0.568. The average molecular weight is 511 g/mol. The van der Waals surface area contributed by atoms with E-state index in [1.165, 1.54) is 11.8 Å². The zero-order valence-corrected chi connectivity index (χ0v) is 21.4. The Labute approximate surface area is 220 Å². The normalized spacial score (nSPS) is 14.8. The van der Waals surface area contributed by atoms with E-state index in [0.717, 1.165) is 52.1 Å². The first-order chi connectivity index (χ1) is 17.6. The maximum atomic E-state index is 13.3. The largest absolute Gasteiger partial charge is 0.326 e. The number of hydrogen-bond acceptors (Lipinski definition) is 4. The number of anilines is 1. The third kappa shape index (κ3) is 5.35. The van der Waals surface area contributed by atoms with E-state index in [2.05, 4.69) is 35.6 Å². The van der Waals surface area contributed by atoms with Gasteiger partial charge < -0.3 is 5.32 Å². The Hall–Kier alpha value is -3.48. The Kier molecular flexibility index (Phi) is 7.44. The Morgan fingerprint density at radius 2 is 1.50 bits per heavy atom. The van der Waals surface area contributed by atoms with Gasteiger partial charge in [-0.25, -0.2) is 0 Å². The Bertz CT molecular complexity index is 1430. The van der Waals surface area contributed by atoms with Crippen LogP contribution >= 0.6 is 24.0 Å². The number of carbonyl (C=O) groups excluding carboxylic acids is 2. The lowest BCUT2D eigenvalue weighted by Crippen LogP contribution is -2.29. The molecule has 1 heterocycles. The number of thioether (sulfide) groups is 1. The van der Waals surface area contributed by atoms with Gasteiger partial charge in [0.25, 0.3) is 5.91 Å². The second-order valence-electron chi connectivity index (χ2n) is 8.79. The fraction of sp³-hybridized carbons (Fsp3) is 0.167. The van der Waals surface area contributed by atoms with Crippen molar-refractivity contribution in [2.75, 3.05) is 11.9 Å². The minimum absolute atomic E-state index is 0.0112. The molecule has 0 bridgehead atoms. The summed E-state index contributed by atoms with van der Waals surface area (Å²) in [5, 5.41) is 7.44. The van der Waals surface area contributed by atoms with Crippen LogP contribution in [0.25, 0.3) is 27.6 Å². The second kappa shape index (κ2) is 11.1. The number of benzene rings is 4. The molecule has 1 aliphatic rings. The van der Waals surface area contributed by atoms with Gasteiger partial charge >= 0.3 is 0 Å². The third-order valence-electron chi connectivity index (χ3n) is 6.31. The molecule has 0 unspecified atom stereocenters. The van der Waals surface area contributed by atoms with E-state index in [1.807, 2.05) is 60.7 Å². The molecule has 4 aromatic rings. The zero-order valence-electron chi connectivity index (χ0n) is 19.8. The van der Waals surface area contributed by atoms with E-state index in [1.54, 1.807) is 4.90 Å². The molecule has 4 aromatic carbocycles. The molecule has 0 spiro atoms. The van der Waals surface area contributed by atoms with Crippen LogP contribution in [-0.2, 0) is 9.59 Å². The van der Waals surface area contributed by atoms with Gasteiger partial charge in [0.2, 0.25) is 5.91 Å². The summed E-state index contributed by atoms with van der Waals surface area (Å²) in [6, 6.07) is 28.2. The fourth-order valence-corrected chi connectivity index (χ4v) is 5.80. The van der Waals surface area contributed by atoms with E-state index in [9.17, 15) is 9.59 Å². The number of carbonyl (C=O) groups is 2. The van der Waals surface area contributed by atoms with Gasteiger partial charge in [0.1, 0.15) is 4.32 Å². The number of fused-ring (bicyclic) bond motifs is 2. The van der Waals surface area contributed by atoms with Crippen LogP contribution < -0.4 is 5.32 Å². The van der Waals surface area contributed by atoms with Crippen molar-refractivity contribution in [3.05, 3.63) is 95.4 Å². The van der Waals surface area contributed by atoms with Crippen LogP contribution in [0.15, 0.2) is 89.8 Å². The highest BCUT2D eigenvalue weighted by Gasteiger charge is 2.31. The number of hydrogen-bond donors (Lipinski definition) is 1. The fourth-order valence-electron chi connectivity index (χ4n) is 4.51. The number of thiocarbonyl (C=S) groups is 1. The van der Waals surface area contributed by atoms with Gasteiger partial charge in [-0.3, -0.25) is 14.5 Å². The standard InChI is InChI=1S/C30H26N2O2S2/c33-28(31-23-13-3-1-4-14-23)17-5-2-10-18-32-29(34)27(36-30(32)35)20-26-24-15-8-6-11-21(24)19-22-12-7-9-16-25(22)26/h1,3-4,6-9,11-16,19-20H,2,5,10,17-18H2,(H,31,33)/b27-20-. The lowest BCUT2D eigenvalue weighted by atomic mass is 9.96. The number of nitrogens with zero attached hydrogens (tertiary/aromatic N) is 1. The molecule has 0 atom stereocenters. The molecule has 1 saturated heterocycles. The number of para-hydroxylation sites is 1. The highest BCUT2D eigenvalue weighted by atomic mass is 32.2. The predicted octanol–water partition coefficient (Wildman–Crippen LogP) is 7.39. The van der Waals surface area contributed by atoms with E-state index >= 15 is 0 Å². The molecule has 0 saturated carbocycles. The molecule has 6 heteroatoms. The lowest BCUT2D eigenvalue weighted by Gasteiger charge is -2.14. The highest BCUT2D eigenvalue weighted by Crippen LogP contribution is 2.36. The quantitative estimate of drug-likeness (QED) is 0.116. The van der Waals surface area contributed by atoms with Crippen molar-refractivity contribution in [2.45, 2.75) is 25.7 Å². The summed E-state index contributed by atoms with van der Waals surface area (Å²) in [7, 11) is 0. The van der Waals surface area contributed by atoms with E-state index in [0.29, 0.717) is 22.2 Å². The smallest absolute Gasteiger partial charge is 0.266 e. The molecule has 5 rings (SSSR count). The summed E-state index contributed by atoms with van der Waals surface area (Å²) in [6.07, 6.45) is 4.88. The zero-order chi connectivity index (χ0) is 24.9. The second-order valence-corrected chi connectivity index (χ2v) is 10.5. The molecule has 36 heavy (non-hydrogen) atoms. The Morgan fingerprint density at radius 3 is 2.19 bits per heavy atom. The van der Waals surface area contributed by atoms with Crippen LogP contribution in [0.3, 0.4) is 0 Å². The highest BCUT2D eigenvalue weighted by molar-refractivity contribution is 8.26. The first kappa shape index (κ1) is 24.2. The van der Waals surface area contributed by atoms with Gasteiger partial charge in [0, 0.05) is 18.7 Å². The SMILES string of the molecule is O=C(CCCCCN1C(=O)/C(=C/c2c3ccccc3cc3ccccc23)SC1=S)Nc1ccccc1. The van der Waals surface area contributed by atoms with Crippen molar-refractivity contribution in [1.82, 2.24) is 4.90 Å². The van der Waals surface area contributed by atoms with Crippen molar-refractivity contribution in [2.24, 2.45) is 0 Å². The van der Waals surface area contributed by atoms with Crippen molar-refractivity contribution in [3.63, 3.8) is 0 Å². The van der Waals surface area contributed by atoms with E-state index in [-0.39, 0.29) is 11.8 Å². The first-order valence-electron chi connectivity index (χ1n) is 12.1. The minimum atomic E-state index is -0.0381. The van der Waals surface area contributed by atoms with Crippen LogP contribution in [0.5, 0.6) is 0 Å². The predicted molar refractivity (Wildman–Crippen MR) is 155 cm³/mol. The van der Waals surface area contributed by atoms with Crippen molar-refractivity contribution < 1.29 is 9.59 Å². The minimum Gasteiger partial charge on any atom is -0.326 e. The van der Waals surface area contributed by atoms with Gasteiger partial charge in [0.05, 0.1) is 4.91 Å². The topological polar surface area (TPSA) is 49.4 Å². The van der Waals surface area contributed by atoms with Crippen molar-refractivity contribution in [1.29, 1.82) is 0 Å². The molecular formula is C30H26N2O2S2. The molecule has 4 nitrogen and oxygen atoms in total. The van der Waals surface area contributed by atoms with Crippen LogP contribution in [0.1, 0.15) is 31.2 Å². The van der Waals surface area contributed by atoms with Crippen LogP contribution in [0.4, 0.5) is 5.69 Å². The van der Waals surface area contributed by atoms with Crippen LogP contribution in [0.2, 0.25) is 0 Å². The van der Waals surface area contributed by atoms with Crippen LogP contribution in [-0.4, -0.2) is 27.6 Å². The molecule has 0 aliphatic carbocycles. The monoisotopic (exact) mass is 510 g/mol. The summed E-state index contributed by atoms with van der Waals surface area (Å²) in [5.74, 6) is -0.0269. The third-order valence-corrected chi connectivity index (χ3v) is 7.68. The summed E-state index contributed by atoms with van der Waals surface area (Å²) < 4.78 is 0.595. The van der Waals surface area contributed by atoms with Gasteiger partial charge in [-0.2, -0.15) is 0 Å². The van der Waals surface area contributed by atoms with Crippen molar-refractivity contribution >= 4 is 73.4 Å². The molecular weight excluding hydrogens is 484 g/mol. The molecule has 2 amide bonds. The molecule has 0 aromatic heterocycles. The van der Waals surface area contributed by atoms with Crippen molar-refractivity contribution in [3.8, 4) is 0 Å². The van der Waals surface area contributed by atoms with Gasteiger partial charge in [-0.1, -0.05) is 97.1 Å². The molecule has 1 aliphatic heterocycles. The number of amides is 2. The molecule has 1 N–H and O–H groups in total. The Balaban J connectivity index is 1.23. The van der Waals surface area contributed by atoms with Gasteiger partial charge in [0.15, 0.2) is 0 Å². The molecule has 0 radical (unpaired) electrons. The maximum Gasteiger partial charge on any atom is 0.266 e. The summed E-state index contributed by atoms with van der Waals surface area (Å²) in [5.41, 5.74) is 1.86. The molecule has 1 fully saturated rings.